The third kappa shape index (κ3) is 5.70. The van der Waals surface area contributed by atoms with Crippen LogP contribution in [-0.4, -0.2) is 29.9 Å². The molecule has 1 fully saturated rings. The maximum Gasteiger partial charge on any atom is 0.341 e. The van der Waals surface area contributed by atoms with E-state index in [-0.39, 0.29) is 29.0 Å². The van der Waals surface area contributed by atoms with Gasteiger partial charge in [0.15, 0.2) is 11.9 Å². The summed E-state index contributed by atoms with van der Waals surface area (Å²) in [6.45, 7) is 1.55. The molecule has 2 aromatic rings. The summed E-state index contributed by atoms with van der Waals surface area (Å²) in [7, 11) is 0. The molecule has 1 aromatic carbocycles. The summed E-state index contributed by atoms with van der Waals surface area (Å²) in [5, 5.41) is 5.62. The van der Waals surface area contributed by atoms with Gasteiger partial charge < -0.3 is 19.8 Å². The van der Waals surface area contributed by atoms with E-state index in [4.69, 9.17) is 9.15 Å². The molecule has 2 amide bonds. The molecule has 154 valence electrons. The average molecular weight is 398 g/mol. The zero-order valence-corrected chi connectivity index (χ0v) is 16.5. The number of rotatable bonds is 6. The number of carbonyl (C=O) groups excluding carboxylic acids is 3. The Balaban J connectivity index is 1.61. The van der Waals surface area contributed by atoms with Crippen LogP contribution in [0.3, 0.4) is 0 Å². The first-order chi connectivity index (χ1) is 14.0. The first-order valence-electron chi connectivity index (χ1n) is 10.00. The Bertz CT molecular complexity index is 839. The van der Waals surface area contributed by atoms with E-state index in [0.29, 0.717) is 0 Å². The first-order valence-corrected chi connectivity index (χ1v) is 10.00. The number of hydrogen-bond acceptors (Lipinski definition) is 5. The Morgan fingerprint density at radius 3 is 2.45 bits per heavy atom. The highest BCUT2D eigenvalue weighted by atomic mass is 16.5. The van der Waals surface area contributed by atoms with Crippen LogP contribution in [0.1, 0.15) is 66.4 Å². The van der Waals surface area contributed by atoms with E-state index in [2.05, 4.69) is 10.6 Å². The second-order valence-corrected chi connectivity index (χ2v) is 7.22. The van der Waals surface area contributed by atoms with Gasteiger partial charge in [-0.25, -0.2) is 4.79 Å². The highest BCUT2D eigenvalue weighted by Gasteiger charge is 2.24. The molecule has 0 unspecified atom stereocenters. The molecule has 1 aromatic heterocycles. The summed E-state index contributed by atoms with van der Waals surface area (Å²) < 4.78 is 10.4. The normalized spacial score (nSPS) is 15.8. The molecule has 1 saturated carbocycles. The minimum atomic E-state index is -0.931. The highest BCUT2D eigenvalue weighted by molar-refractivity contribution is 6.06. The van der Waals surface area contributed by atoms with Gasteiger partial charge in [0.05, 0.1) is 17.5 Å². The number of anilines is 1. The van der Waals surface area contributed by atoms with Gasteiger partial charge in [-0.15, -0.1) is 0 Å². The van der Waals surface area contributed by atoms with E-state index < -0.39 is 18.0 Å². The number of esters is 1. The third-order valence-corrected chi connectivity index (χ3v) is 4.99. The molecular formula is C22H26N2O5. The number of benzene rings is 1. The number of para-hydroxylation sites is 1. The first kappa shape index (κ1) is 20.6. The Morgan fingerprint density at radius 1 is 1.03 bits per heavy atom. The molecule has 3 rings (SSSR count). The van der Waals surface area contributed by atoms with Crippen LogP contribution < -0.4 is 10.6 Å². The van der Waals surface area contributed by atoms with Crippen LogP contribution in [0.15, 0.2) is 47.1 Å². The number of amides is 2. The summed E-state index contributed by atoms with van der Waals surface area (Å²) in [6.07, 6.45) is 6.95. The van der Waals surface area contributed by atoms with E-state index in [1.807, 2.05) is 0 Å². The van der Waals surface area contributed by atoms with Crippen LogP contribution in [0.2, 0.25) is 0 Å². The summed E-state index contributed by atoms with van der Waals surface area (Å²) >= 11 is 0. The van der Waals surface area contributed by atoms with E-state index in [1.165, 1.54) is 31.2 Å². The molecule has 1 aliphatic rings. The lowest BCUT2D eigenvalue weighted by atomic mass is 10.1. The fraction of sp³-hybridized carbons (Fsp3) is 0.409. The number of furan rings is 1. The molecule has 7 nitrogen and oxygen atoms in total. The molecule has 2 N–H and O–H groups in total. The average Bonchev–Trinajstić information content (AvgIpc) is 3.14. The molecule has 0 saturated heterocycles. The third-order valence-electron chi connectivity index (χ3n) is 4.99. The maximum atomic E-state index is 12.6. The fourth-order valence-corrected chi connectivity index (χ4v) is 3.38. The molecule has 1 heterocycles. The predicted octanol–water partition coefficient (Wildman–Crippen LogP) is 3.92. The van der Waals surface area contributed by atoms with E-state index in [1.54, 1.807) is 31.2 Å². The highest BCUT2D eigenvalue weighted by Crippen LogP contribution is 2.19. The monoisotopic (exact) mass is 398 g/mol. The van der Waals surface area contributed by atoms with Gasteiger partial charge in [0.2, 0.25) is 0 Å². The van der Waals surface area contributed by atoms with Crippen LogP contribution in [0.25, 0.3) is 0 Å². The minimum absolute atomic E-state index is 0.129. The van der Waals surface area contributed by atoms with Crippen molar-refractivity contribution in [3.63, 3.8) is 0 Å². The topological polar surface area (TPSA) is 97.6 Å². The summed E-state index contributed by atoms with van der Waals surface area (Å²) in [5.41, 5.74) is 0.455. The van der Waals surface area contributed by atoms with Gasteiger partial charge in [0.25, 0.3) is 11.8 Å². The van der Waals surface area contributed by atoms with Crippen molar-refractivity contribution in [2.24, 2.45) is 0 Å². The van der Waals surface area contributed by atoms with Crippen molar-refractivity contribution < 1.29 is 23.5 Å². The largest absolute Gasteiger partial charge is 0.459 e. The van der Waals surface area contributed by atoms with Crippen molar-refractivity contribution in [2.75, 3.05) is 5.32 Å². The molecule has 0 aliphatic heterocycles. The smallest absolute Gasteiger partial charge is 0.341 e. The molecular weight excluding hydrogens is 372 g/mol. The zero-order chi connectivity index (χ0) is 20.6. The number of hydrogen-bond donors (Lipinski definition) is 2. The van der Waals surface area contributed by atoms with Gasteiger partial charge in [0.1, 0.15) is 0 Å². The maximum absolute atomic E-state index is 12.6. The van der Waals surface area contributed by atoms with Gasteiger partial charge in [-0.1, -0.05) is 37.8 Å². The van der Waals surface area contributed by atoms with Crippen molar-refractivity contribution in [2.45, 2.75) is 57.6 Å². The summed E-state index contributed by atoms with van der Waals surface area (Å²) in [5.74, 6) is -1.33. The zero-order valence-electron chi connectivity index (χ0n) is 16.5. The van der Waals surface area contributed by atoms with Crippen molar-refractivity contribution in [1.29, 1.82) is 0 Å². The Morgan fingerprint density at radius 2 is 1.76 bits per heavy atom. The lowest BCUT2D eigenvalue weighted by molar-refractivity contribution is -0.129. The standard InChI is InChI=1S/C22H26N2O5/c1-15(20(25)23-16-9-4-2-3-5-10-16)29-22(27)17-11-6-7-12-18(17)24-21(26)19-13-8-14-28-19/h6-8,11-16H,2-5,9-10H2,1H3,(H,23,25)(H,24,26)/t15-/m1/s1. The van der Waals surface area contributed by atoms with Crippen LogP contribution in [0, 0.1) is 0 Å². The van der Waals surface area contributed by atoms with Crippen molar-refractivity contribution in [3.05, 3.63) is 54.0 Å². The van der Waals surface area contributed by atoms with Gasteiger partial charge >= 0.3 is 5.97 Å². The van der Waals surface area contributed by atoms with Crippen molar-refractivity contribution in [1.82, 2.24) is 5.32 Å². The molecule has 29 heavy (non-hydrogen) atoms. The Labute approximate surface area is 169 Å². The number of carbonyl (C=O) groups is 3. The lowest BCUT2D eigenvalue weighted by Crippen LogP contribution is -2.41. The van der Waals surface area contributed by atoms with E-state index in [0.717, 1.165) is 25.7 Å². The van der Waals surface area contributed by atoms with Gasteiger partial charge in [-0.2, -0.15) is 0 Å². The molecule has 0 spiro atoms. The Hall–Kier alpha value is -3.09. The van der Waals surface area contributed by atoms with Crippen LogP contribution in [-0.2, 0) is 9.53 Å². The van der Waals surface area contributed by atoms with Crippen LogP contribution in [0.5, 0.6) is 0 Å². The number of nitrogens with one attached hydrogen (secondary N) is 2. The SMILES string of the molecule is C[C@@H](OC(=O)c1ccccc1NC(=O)c1ccco1)C(=O)NC1CCCCCC1. The van der Waals surface area contributed by atoms with E-state index >= 15 is 0 Å². The Kier molecular flexibility index (Phi) is 7.05. The van der Waals surface area contributed by atoms with Gasteiger partial charge in [-0.3, -0.25) is 9.59 Å². The van der Waals surface area contributed by atoms with Gasteiger partial charge in [-0.05, 0) is 44.0 Å². The predicted molar refractivity (Wildman–Crippen MR) is 108 cm³/mol. The molecule has 0 bridgehead atoms. The quantitative estimate of drug-likeness (QED) is 0.568. The van der Waals surface area contributed by atoms with Crippen LogP contribution >= 0.6 is 0 Å². The fourth-order valence-electron chi connectivity index (χ4n) is 3.38. The van der Waals surface area contributed by atoms with Crippen molar-refractivity contribution >= 4 is 23.5 Å². The van der Waals surface area contributed by atoms with Crippen LogP contribution in [0.4, 0.5) is 5.69 Å². The molecule has 7 heteroatoms. The minimum Gasteiger partial charge on any atom is -0.459 e. The van der Waals surface area contributed by atoms with Gasteiger partial charge in [0, 0.05) is 6.04 Å². The lowest BCUT2D eigenvalue weighted by Gasteiger charge is -2.20. The molecule has 1 aliphatic carbocycles. The van der Waals surface area contributed by atoms with Crippen molar-refractivity contribution in [3.8, 4) is 0 Å². The van der Waals surface area contributed by atoms with E-state index in [9.17, 15) is 14.4 Å². The molecule has 0 radical (unpaired) electrons. The second kappa shape index (κ2) is 9.91. The molecule has 1 atom stereocenters. The number of ether oxygens (including phenoxy) is 1. The second-order valence-electron chi connectivity index (χ2n) is 7.22. The summed E-state index contributed by atoms with van der Waals surface area (Å²) in [4.78, 5) is 37.3. The summed E-state index contributed by atoms with van der Waals surface area (Å²) in [6, 6.07) is 9.74.